The molecule has 0 spiro atoms. The Balaban J connectivity index is 3.05. The van der Waals surface area contributed by atoms with Crippen LogP contribution in [0.1, 0.15) is 33.5 Å². The van der Waals surface area contributed by atoms with Crippen molar-refractivity contribution in [3.8, 4) is 12.3 Å². The number of aromatic nitrogens is 2. The number of nitrogens with zero attached hydrogens (tertiary/aromatic N) is 2. The van der Waals surface area contributed by atoms with Gasteiger partial charge in [-0.15, -0.1) is 6.42 Å². The molecule has 1 heterocycles. The van der Waals surface area contributed by atoms with Gasteiger partial charge in [-0.1, -0.05) is 26.7 Å². The summed E-state index contributed by atoms with van der Waals surface area (Å²) in [6, 6.07) is 1.78. The zero-order chi connectivity index (χ0) is 12.3. The quantitative estimate of drug-likeness (QED) is 0.669. The van der Waals surface area contributed by atoms with Crippen LogP contribution in [-0.4, -0.2) is 16.0 Å². The Morgan fingerprint density at radius 1 is 1.44 bits per heavy atom. The van der Waals surface area contributed by atoms with E-state index in [0.717, 1.165) is 16.2 Å². The maximum Gasteiger partial charge on any atom is 0.137 e. The van der Waals surface area contributed by atoms with Crippen LogP contribution in [-0.2, 0) is 5.41 Å². The van der Waals surface area contributed by atoms with Gasteiger partial charge in [-0.25, -0.2) is 9.97 Å². The van der Waals surface area contributed by atoms with E-state index in [9.17, 15) is 0 Å². The van der Waals surface area contributed by atoms with Gasteiger partial charge in [-0.3, -0.25) is 0 Å². The van der Waals surface area contributed by atoms with Crippen LogP contribution < -0.4 is 5.32 Å². The highest BCUT2D eigenvalue weighted by Crippen LogP contribution is 2.22. The molecule has 0 aliphatic carbocycles. The number of rotatable bonds is 2. The summed E-state index contributed by atoms with van der Waals surface area (Å²) in [6.07, 6.45) is 5.31. The van der Waals surface area contributed by atoms with Crippen molar-refractivity contribution < 1.29 is 0 Å². The van der Waals surface area contributed by atoms with Crippen LogP contribution >= 0.6 is 15.9 Å². The lowest BCUT2D eigenvalue weighted by Gasteiger charge is -2.18. The van der Waals surface area contributed by atoms with Crippen molar-refractivity contribution in [3.05, 3.63) is 16.5 Å². The third-order valence-electron chi connectivity index (χ3n) is 1.98. The number of hydrogen-bond acceptors (Lipinski definition) is 3. The van der Waals surface area contributed by atoms with E-state index in [1.165, 1.54) is 0 Å². The molecule has 1 unspecified atom stereocenters. The van der Waals surface area contributed by atoms with Gasteiger partial charge in [-0.05, 0) is 22.9 Å². The molecule has 1 N–H and O–H groups in total. The zero-order valence-corrected chi connectivity index (χ0v) is 11.6. The van der Waals surface area contributed by atoms with Gasteiger partial charge in [0.15, 0.2) is 0 Å². The topological polar surface area (TPSA) is 37.8 Å². The van der Waals surface area contributed by atoms with Gasteiger partial charge in [0, 0.05) is 11.5 Å². The van der Waals surface area contributed by atoms with Crippen LogP contribution in [0.4, 0.5) is 5.82 Å². The fourth-order valence-corrected chi connectivity index (χ4v) is 1.48. The van der Waals surface area contributed by atoms with E-state index in [4.69, 9.17) is 6.42 Å². The van der Waals surface area contributed by atoms with Crippen molar-refractivity contribution in [3.63, 3.8) is 0 Å². The highest BCUT2D eigenvalue weighted by Gasteiger charge is 2.18. The van der Waals surface area contributed by atoms with Crippen LogP contribution in [0.15, 0.2) is 10.7 Å². The number of hydrogen-bond donors (Lipinski definition) is 1. The Morgan fingerprint density at radius 3 is 2.56 bits per heavy atom. The van der Waals surface area contributed by atoms with E-state index >= 15 is 0 Å². The van der Waals surface area contributed by atoms with E-state index in [1.54, 1.807) is 0 Å². The Bertz CT molecular complexity index is 415. The summed E-state index contributed by atoms with van der Waals surface area (Å²) in [5.74, 6) is 4.14. The van der Waals surface area contributed by atoms with E-state index < -0.39 is 0 Å². The molecule has 0 saturated heterocycles. The van der Waals surface area contributed by atoms with Crippen molar-refractivity contribution in [1.29, 1.82) is 0 Å². The fraction of sp³-hybridized carbons (Fsp3) is 0.500. The molecule has 4 heteroatoms. The maximum absolute atomic E-state index is 5.31. The lowest BCUT2D eigenvalue weighted by Crippen LogP contribution is -2.19. The number of anilines is 1. The van der Waals surface area contributed by atoms with Crippen LogP contribution in [0.25, 0.3) is 0 Å². The third-order valence-corrected chi connectivity index (χ3v) is 2.39. The van der Waals surface area contributed by atoms with Crippen LogP contribution in [0, 0.1) is 12.3 Å². The average Bonchev–Trinajstić information content (AvgIpc) is 2.15. The highest BCUT2D eigenvalue weighted by molar-refractivity contribution is 9.10. The first kappa shape index (κ1) is 13.0. The predicted octanol–water partition coefficient (Wildman–Crippen LogP) is 2.97. The molecule has 1 aromatic rings. The standard InChI is InChI=1S/C12H16BrN3/c1-6-8(2)14-10-7-9(13)15-11(16-10)12(3,4)5/h1,7-8H,2-5H3,(H,14,15,16). The van der Waals surface area contributed by atoms with Gasteiger partial charge in [0.25, 0.3) is 0 Å². The van der Waals surface area contributed by atoms with Crippen LogP contribution in [0.2, 0.25) is 0 Å². The first-order valence-electron chi connectivity index (χ1n) is 5.10. The van der Waals surface area contributed by atoms with E-state index in [2.05, 4.69) is 57.9 Å². The molecule has 1 aromatic heterocycles. The molecule has 86 valence electrons. The smallest absolute Gasteiger partial charge is 0.137 e. The molecule has 0 aliphatic heterocycles. The Hall–Kier alpha value is -1.08. The summed E-state index contributed by atoms with van der Waals surface area (Å²) < 4.78 is 0.763. The van der Waals surface area contributed by atoms with Crippen molar-refractivity contribution in [2.45, 2.75) is 39.2 Å². The lowest BCUT2D eigenvalue weighted by atomic mass is 9.96. The summed E-state index contributed by atoms with van der Waals surface area (Å²) >= 11 is 3.37. The SMILES string of the molecule is C#CC(C)Nc1cc(Br)nc(C(C)(C)C)n1. The summed E-state index contributed by atoms with van der Waals surface area (Å²) in [5.41, 5.74) is -0.0837. The van der Waals surface area contributed by atoms with Gasteiger partial charge in [-0.2, -0.15) is 0 Å². The van der Waals surface area contributed by atoms with Crippen molar-refractivity contribution in [2.24, 2.45) is 0 Å². The molecule has 1 atom stereocenters. The Labute approximate surface area is 105 Å². The molecule has 0 radical (unpaired) electrons. The highest BCUT2D eigenvalue weighted by atomic mass is 79.9. The molecule has 0 saturated carbocycles. The van der Waals surface area contributed by atoms with Gasteiger partial charge in [0.2, 0.25) is 0 Å². The van der Waals surface area contributed by atoms with Crippen LogP contribution in [0.5, 0.6) is 0 Å². The summed E-state index contributed by atoms with van der Waals surface area (Å²) in [7, 11) is 0. The van der Waals surface area contributed by atoms with Gasteiger partial charge in [0.1, 0.15) is 16.2 Å². The first-order chi connectivity index (χ1) is 7.32. The Kier molecular flexibility index (Phi) is 3.93. The third kappa shape index (κ3) is 3.49. The molecular formula is C12H16BrN3. The fourth-order valence-electron chi connectivity index (χ4n) is 1.09. The summed E-state index contributed by atoms with van der Waals surface area (Å²) in [4.78, 5) is 8.80. The molecular weight excluding hydrogens is 266 g/mol. The monoisotopic (exact) mass is 281 g/mol. The second kappa shape index (κ2) is 4.84. The van der Waals surface area contributed by atoms with E-state index in [1.807, 2.05) is 13.0 Å². The normalized spacial score (nSPS) is 13.0. The van der Waals surface area contributed by atoms with Crippen molar-refractivity contribution in [1.82, 2.24) is 9.97 Å². The number of nitrogens with one attached hydrogen (secondary N) is 1. The van der Waals surface area contributed by atoms with Crippen molar-refractivity contribution >= 4 is 21.7 Å². The van der Waals surface area contributed by atoms with E-state index in [0.29, 0.717) is 0 Å². The molecule has 0 aromatic carbocycles. The molecule has 1 rings (SSSR count). The molecule has 0 aliphatic rings. The summed E-state index contributed by atoms with van der Waals surface area (Å²) in [6.45, 7) is 8.13. The first-order valence-corrected chi connectivity index (χ1v) is 5.90. The minimum atomic E-state index is -0.0837. The second-order valence-corrected chi connectivity index (χ2v) is 5.49. The maximum atomic E-state index is 5.31. The van der Waals surface area contributed by atoms with Gasteiger partial charge in [0.05, 0.1) is 6.04 Å². The molecule has 0 amide bonds. The summed E-state index contributed by atoms with van der Waals surface area (Å²) in [5, 5.41) is 3.13. The zero-order valence-electron chi connectivity index (χ0n) is 10.0. The molecule has 3 nitrogen and oxygen atoms in total. The molecule has 0 bridgehead atoms. The minimum Gasteiger partial charge on any atom is -0.357 e. The number of halogens is 1. The van der Waals surface area contributed by atoms with Crippen LogP contribution in [0.3, 0.4) is 0 Å². The van der Waals surface area contributed by atoms with E-state index in [-0.39, 0.29) is 11.5 Å². The van der Waals surface area contributed by atoms with Gasteiger partial charge >= 0.3 is 0 Å². The minimum absolute atomic E-state index is 0.0466. The molecule has 0 fully saturated rings. The molecule has 16 heavy (non-hydrogen) atoms. The second-order valence-electron chi connectivity index (χ2n) is 4.68. The average molecular weight is 282 g/mol. The van der Waals surface area contributed by atoms with Gasteiger partial charge < -0.3 is 5.32 Å². The number of terminal acetylenes is 1. The van der Waals surface area contributed by atoms with Crippen molar-refractivity contribution in [2.75, 3.05) is 5.32 Å². The lowest BCUT2D eigenvalue weighted by molar-refractivity contribution is 0.544. The largest absolute Gasteiger partial charge is 0.357 e. The predicted molar refractivity (Wildman–Crippen MR) is 70.3 cm³/mol. The Morgan fingerprint density at radius 2 is 2.06 bits per heavy atom.